The van der Waals surface area contributed by atoms with Crippen LogP contribution in [0.4, 0.5) is 0 Å². The molecule has 0 N–H and O–H groups in total. The number of nitrogens with zero attached hydrogens (tertiary/aromatic N) is 2. The van der Waals surface area contributed by atoms with E-state index in [0.717, 1.165) is 17.0 Å². The minimum Gasteiger partial charge on any atom is -0.454 e. The van der Waals surface area contributed by atoms with Gasteiger partial charge in [0, 0.05) is 23.5 Å². The second-order valence-electron chi connectivity index (χ2n) is 6.55. The number of hydrogen-bond donors (Lipinski definition) is 0. The van der Waals surface area contributed by atoms with Crippen molar-refractivity contribution in [1.82, 2.24) is 4.57 Å². The van der Waals surface area contributed by atoms with Crippen LogP contribution in [0.3, 0.4) is 0 Å². The molecule has 0 saturated heterocycles. The highest BCUT2D eigenvalue weighted by Gasteiger charge is 2.18. The van der Waals surface area contributed by atoms with Gasteiger partial charge in [-0.05, 0) is 43.7 Å². The molecule has 1 aromatic heterocycles. The first-order valence-corrected chi connectivity index (χ1v) is 8.90. The van der Waals surface area contributed by atoms with E-state index in [2.05, 4.69) is 4.57 Å². The molecule has 0 spiro atoms. The van der Waals surface area contributed by atoms with Gasteiger partial charge in [0.15, 0.2) is 6.61 Å². The SMILES string of the molecule is Cc1cc(C(=O)COC(=O)c2cccc(C#N)c2)c(C)n1Cc1ccccc1. The molecule has 0 amide bonds. The first-order chi connectivity index (χ1) is 13.5. The van der Waals surface area contributed by atoms with Gasteiger partial charge in [-0.2, -0.15) is 5.26 Å². The van der Waals surface area contributed by atoms with Crippen molar-refractivity contribution in [3.63, 3.8) is 0 Å². The average molecular weight is 372 g/mol. The van der Waals surface area contributed by atoms with Crippen LogP contribution >= 0.6 is 0 Å². The summed E-state index contributed by atoms with van der Waals surface area (Å²) in [4.78, 5) is 24.8. The average Bonchev–Trinajstić information content (AvgIpc) is 3.01. The molecule has 3 aromatic rings. The molecule has 1 heterocycles. The van der Waals surface area contributed by atoms with Crippen LogP contribution < -0.4 is 0 Å². The molecular weight excluding hydrogens is 352 g/mol. The molecule has 0 saturated carbocycles. The Kier molecular flexibility index (Phi) is 5.71. The molecular formula is C23H20N2O3. The molecule has 0 unspecified atom stereocenters. The Hall–Kier alpha value is -3.65. The van der Waals surface area contributed by atoms with Crippen LogP contribution in [0.25, 0.3) is 0 Å². The smallest absolute Gasteiger partial charge is 0.338 e. The van der Waals surface area contributed by atoms with E-state index in [1.165, 1.54) is 6.07 Å². The number of aromatic nitrogens is 1. The van der Waals surface area contributed by atoms with Gasteiger partial charge < -0.3 is 9.30 Å². The zero-order valence-electron chi connectivity index (χ0n) is 15.8. The number of carbonyl (C=O) groups excluding carboxylic acids is 2. The maximum atomic E-state index is 12.6. The number of benzene rings is 2. The number of esters is 1. The van der Waals surface area contributed by atoms with E-state index < -0.39 is 5.97 Å². The summed E-state index contributed by atoms with van der Waals surface area (Å²) in [6.07, 6.45) is 0. The van der Waals surface area contributed by atoms with E-state index in [0.29, 0.717) is 17.7 Å². The molecule has 3 rings (SSSR count). The topological polar surface area (TPSA) is 72.1 Å². The predicted molar refractivity (Wildman–Crippen MR) is 105 cm³/mol. The first kappa shape index (κ1) is 19.1. The summed E-state index contributed by atoms with van der Waals surface area (Å²) < 4.78 is 7.23. The lowest BCUT2D eigenvalue weighted by Gasteiger charge is -2.10. The quantitative estimate of drug-likeness (QED) is 0.483. The fraction of sp³-hybridized carbons (Fsp3) is 0.174. The molecule has 0 aliphatic carbocycles. The van der Waals surface area contributed by atoms with Gasteiger partial charge in [-0.1, -0.05) is 36.4 Å². The van der Waals surface area contributed by atoms with Crippen LogP contribution in [0.1, 0.15) is 43.2 Å². The minimum atomic E-state index is -0.622. The van der Waals surface area contributed by atoms with Gasteiger partial charge in [0.25, 0.3) is 0 Å². The van der Waals surface area contributed by atoms with Crippen LogP contribution in [0.5, 0.6) is 0 Å². The second kappa shape index (κ2) is 8.36. The van der Waals surface area contributed by atoms with Crippen LogP contribution in [0.2, 0.25) is 0 Å². The lowest BCUT2D eigenvalue weighted by atomic mass is 10.1. The van der Waals surface area contributed by atoms with Gasteiger partial charge in [0.05, 0.1) is 17.2 Å². The highest BCUT2D eigenvalue weighted by Crippen LogP contribution is 2.18. The Morgan fingerprint density at radius 3 is 2.50 bits per heavy atom. The number of carbonyl (C=O) groups is 2. The lowest BCUT2D eigenvalue weighted by molar-refractivity contribution is 0.0474. The minimum absolute atomic E-state index is 0.251. The third-order valence-corrected chi connectivity index (χ3v) is 4.62. The number of Topliss-reactive ketones (excluding diaryl/α,β-unsaturated/α-hetero) is 1. The molecule has 140 valence electrons. The molecule has 0 fully saturated rings. The highest BCUT2D eigenvalue weighted by molar-refractivity contribution is 6.00. The Bertz CT molecular complexity index is 1060. The van der Waals surface area contributed by atoms with Gasteiger partial charge in [-0.3, -0.25) is 4.79 Å². The third kappa shape index (κ3) is 4.18. The maximum Gasteiger partial charge on any atom is 0.338 e. The fourth-order valence-corrected chi connectivity index (χ4v) is 3.10. The fourth-order valence-electron chi connectivity index (χ4n) is 3.10. The Morgan fingerprint density at radius 1 is 1.04 bits per heavy atom. The normalized spacial score (nSPS) is 10.3. The summed E-state index contributed by atoms with van der Waals surface area (Å²) in [5.74, 6) is -0.874. The van der Waals surface area contributed by atoms with Crippen molar-refractivity contribution in [3.05, 3.63) is 94.3 Å². The number of aryl methyl sites for hydroxylation is 1. The molecule has 0 aliphatic rings. The van der Waals surface area contributed by atoms with E-state index in [1.54, 1.807) is 18.2 Å². The summed E-state index contributed by atoms with van der Waals surface area (Å²) in [5, 5.41) is 8.92. The van der Waals surface area contributed by atoms with E-state index in [1.807, 2.05) is 56.3 Å². The van der Waals surface area contributed by atoms with E-state index in [4.69, 9.17) is 10.00 Å². The summed E-state index contributed by atoms with van der Waals surface area (Å²) in [7, 11) is 0. The van der Waals surface area contributed by atoms with Gasteiger partial charge in [-0.25, -0.2) is 4.79 Å². The Labute approximate surface area is 163 Å². The van der Waals surface area contributed by atoms with Crippen LogP contribution in [-0.2, 0) is 11.3 Å². The number of hydrogen-bond acceptors (Lipinski definition) is 4. The first-order valence-electron chi connectivity index (χ1n) is 8.90. The van der Waals surface area contributed by atoms with Crippen molar-refractivity contribution in [2.75, 3.05) is 6.61 Å². The van der Waals surface area contributed by atoms with Gasteiger partial charge in [-0.15, -0.1) is 0 Å². The molecule has 0 radical (unpaired) electrons. The Morgan fingerprint density at radius 2 is 1.79 bits per heavy atom. The maximum absolute atomic E-state index is 12.6. The van der Waals surface area contributed by atoms with Gasteiger partial charge in [0.1, 0.15) is 0 Å². The zero-order valence-corrected chi connectivity index (χ0v) is 15.8. The van der Waals surface area contributed by atoms with Crippen LogP contribution in [-0.4, -0.2) is 22.9 Å². The summed E-state index contributed by atoms with van der Waals surface area (Å²) >= 11 is 0. The monoisotopic (exact) mass is 372 g/mol. The number of ether oxygens (including phenoxy) is 1. The zero-order chi connectivity index (χ0) is 20.1. The van der Waals surface area contributed by atoms with Gasteiger partial charge >= 0.3 is 5.97 Å². The molecule has 0 aliphatic heterocycles. The van der Waals surface area contributed by atoms with Gasteiger partial charge in [0.2, 0.25) is 5.78 Å². The predicted octanol–water partition coefficient (Wildman–Crippen LogP) is 4.06. The van der Waals surface area contributed by atoms with Crippen molar-refractivity contribution in [3.8, 4) is 6.07 Å². The Balaban J connectivity index is 1.70. The summed E-state index contributed by atoms with van der Waals surface area (Å²) in [6.45, 7) is 4.17. The van der Waals surface area contributed by atoms with Crippen molar-refractivity contribution in [2.45, 2.75) is 20.4 Å². The second-order valence-corrected chi connectivity index (χ2v) is 6.55. The summed E-state index contributed by atoms with van der Waals surface area (Å²) in [5.41, 5.74) is 4.12. The summed E-state index contributed by atoms with van der Waals surface area (Å²) in [6, 6.07) is 20.0. The largest absolute Gasteiger partial charge is 0.454 e. The van der Waals surface area contributed by atoms with Crippen molar-refractivity contribution in [2.24, 2.45) is 0 Å². The van der Waals surface area contributed by atoms with Crippen molar-refractivity contribution < 1.29 is 14.3 Å². The molecule has 5 nitrogen and oxygen atoms in total. The van der Waals surface area contributed by atoms with Crippen LogP contribution in [0.15, 0.2) is 60.7 Å². The number of nitriles is 1. The standard InChI is InChI=1S/C23H20N2O3/c1-16-11-21(17(2)25(16)14-18-7-4-3-5-8-18)22(26)15-28-23(27)20-10-6-9-19(12-20)13-24/h3-12H,14-15H2,1-2H3. The van der Waals surface area contributed by atoms with E-state index >= 15 is 0 Å². The lowest BCUT2D eigenvalue weighted by Crippen LogP contribution is -2.15. The van der Waals surface area contributed by atoms with Crippen molar-refractivity contribution in [1.29, 1.82) is 5.26 Å². The molecule has 0 atom stereocenters. The van der Waals surface area contributed by atoms with Crippen LogP contribution in [0, 0.1) is 25.2 Å². The highest BCUT2D eigenvalue weighted by atomic mass is 16.5. The van der Waals surface area contributed by atoms with Crippen molar-refractivity contribution >= 4 is 11.8 Å². The molecule has 28 heavy (non-hydrogen) atoms. The van der Waals surface area contributed by atoms with E-state index in [9.17, 15) is 9.59 Å². The molecule has 5 heteroatoms. The van der Waals surface area contributed by atoms with E-state index in [-0.39, 0.29) is 18.0 Å². The number of rotatable bonds is 6. The molecule has 0 bridgehead atoms. The molecule has 2 aromatic carbocycles. The third-order valence-electron chi connectivity index (χ3n) is 4.62. The number of ketones is 1.